The van der Waals surface area contributed by atoms with Gasteiger partial charge in [0.05, 0.1) is 24.9 Å². The number of carbonyl (C=O) groups is 1. The highest BCUT2D eigenvalue weighted by Crippen LogP contribution is 2.13. The Bertz CT molecular complexity index is 611. The third-order valence-corrected chi connectivity index (χ3v) is 3.47. The van der Waals surface area contributed by atoms with Gasteiger partial charge in [0.2, 0.25) is 0 Å². The molecule has 2 amide bonds. The monoisotopic (exact) mass is 317 g/mol. The Balaban J connectivity index is 1.80. The number of urea groups is 1. The van der Waals surface area contributed by atoms with E-state index in [4.69, 9.17) is 4.52 Å². The van der Waals surface area contributed by atoms with Crippen LogP contribution in [-0.4, -0.2) is 28.9 Å². The molecule has 0 aliphatic carbocycles. The molecule has 0 fully saturated rings. The fourth-order valence-electron chi connectivity index (χ4n) is 2.15. The van der Waals surface area contributed by atoms with Gasteiger partial charge in [-0.25, -0.2) is 4.79 Å². The molecule has 1 atom stereocenters. The van der Waals surface area contributed by atoms with E-state index in [1.807, 2.05) is 50.2 Å². The third kappa shape index (κ3) is 5.41. The fraction of sp³-hybridized carbons (Fsp3) is 0.412. The lowest BCUT2D eigenvalue weighted by Gasteiger charge is -2.16. The molecule has 2 aromatic rings. The van der Waals surface area contributed by atoms with Gasteiger partial charge in [-0.15, -0.1) is 0 Å². The number of hydrogen-bond acceptors (Lipinski definition) is 4. The van der Waals surface area contributed by atoms with Crippen LogP contribution in [0.15, 0.2) is 40.9 Å². The molecule has 2 rings (SSSR count). The first-order valence-corrected chi connectivity index (χ1v) is 7.73. The van der Waals surface area contributed by atoms with Crippen molar-refractivity contribution in [3.05, 3.63) is 53.4 Å². The van der Waals surface area contributed by atoms with Gasteiger partial charge in [0.15, 0.2) is 5.76 Å². The predicted octanol–water partition coefficient (Wildman–Crippen LogP) is 2.20. The lowest BCUT2D eigenvalue weighted by atomic mass is 10.1. The van der Waals surface area contributed by atoms with Crippen LogP contribution < -0.4 is 10.6 Å². The van der Waals surface area contributed by atoms with Gasteiger partial charge in [-0.05, 0) is 17.9 Å². The summed E-state index contributed by atoms with van der Waals surface area (Å²) in [7, 11) is 0. The number of amides is 2. The minimum Gasteiger partial charge on any atom is -0.394 e. The number of aromatic nitrogens is 1. The summed E-state index contributed by atoms with van der Waals surface area (Å²) < 4.78 is 5.16. The number of nitrogens with zero attached hydrogens (tertiary/aromatic N) is 1. The SMILES string of the molecule is CC(C)c1cc(CNC(=O)NC(CO)Cc2ccccc2)on1. The number of hydrogen-bond donors (Lipinski definition) is 3. The molecular formula is C17H23N3O3. The van der Waals surface area contributed by atoms with E-state index in [2.05, 4.69) is 15.8 Å². The Hall–Kier alpha value is -2.34. The van der Waals surface area contributed by atoms with Crippen LogP contribution in [0.25, 0.3) is 0 Å². The van der Waals surface area contributed by atoms with Gasteiger partial charge < -0.3 is 20.3 Å². The van der Waals surface area contributed by atoms with E-state index in [1.54, 1.807) is 0 Å². The van der Waals surface area contributed by atoms with Gasteiger partial charge in [0.1, 0.15) is 0 Å². The molecule has 1 aromatic carbocycles. The lowest BCUT2D eigenvalue weighted by Crippen LogP contribution is -2.44. The van der Waals surface area contributed by atoms with E-state index >= 15 is 0 Å². The Morgan fingerprint density at radius 2 is 2.04 bits per heavy atom. The number of aliphatic hydroxyl groups excluding tert-OH is 1. The second-order valence-corrected chi connectivity index (χ2v) is 5.77. The van der Waals surface area contributed by atoms with Gasteiger partial charge in [-0.2, -0.15) is 0 Å². The number of nitrogens with one attached hydrogen (secondary N) is 2. The van der Waals surface area contributed by atoms with Gasteiger partial charge in [0, 0.05) is 6.07 Å². The standard InChI is InChI=1S/C17H23N3O3/c1-12(2)16-9-15(23-20-16)10-18-17(22)19-14(11-21)8-13-6-4-3-5-7-13/h3-7,9,12,14,21H,8,10-11H2,1-2H3,(H2,18,19,22). The van der Waals surface area contributed by atoms with Crippen molar-refractivity contribution >= 4 is 6.03 Å². The van der Waals surface area contributed by atoms with E-state index < -0.39 is 0 Å². The average molecular weight is 317 g/mol. The van der Waals surface area contributed by atoms with Crippen LogP contribution in [0.1, 0.15) is 36.8 Å². The van der Waals surface area contributed by atoms with Gasteiger partial charge in [0.25, 0.3) is 0 Å². The van der Waals surface area contributed by atoms with Crippen molar-refractivity contribution in [2.75, 3.05) is 6.61 Å². The quantitative estimate of drug-likeness (QED) is 0.730. The van der Waals surface area contributed by atoms with Crippen LogP contribution >= 0.6 is 0 Å². The normalized spacial score (nSPS) is 12.2. The van der Waals surface area contributed by atoms with Crippen LogP contribution in [0.5, 0.6) is 0 Å². The summed E-state index contributed by atoms with van der Waals surface area (Å²) in [5.41, 5.74) is 1.92. The molecular weight excluding hydrogens is 294 g/mol. The molecule has 6 heteroatoms. The molecule has 3 N–H and O–H groups in total. The Morgan fingerprint density at radius 1 is 1.30 bits per heavy atom. The molecule has 124 valence electrons. The van der Waals surface area contributed by atoms with Crippen LogP contribution in [0, 0.1) is 0 Å². The molecule has 0 bridgehead atoms. The molecule has 1 heterocycles. The molecule has 23 heavy (non-hydrogen) atoms. The summed E-state index contributed by atoms with van der Waals surface area (Å²) in [5.74, 6) is 0.887. The van der Waals surface area contributed by atoms with Crippen molar-refractivity contribution in [2.24, 2.45) is 0 Å². The van der Waals surface area contributed by atoms with Crippen LogP contribution in [-0.2, 0) is 13.0 Å². The molecule has 0 saturated heterocycles. The largest absolute Gasteiger partial charge is 0.394 e. The van der Waals surface area contributed by atoms with E-state index in [9.17, 15) is 9.90 Å². The molecule has 1 unspecified atom stereocenters. The maximum absolute atomic E-state index is 11.9. The van der Waals surface area contributed by atoms with Crippen molar-refractivity contribution in [3.63, 3.8) is 0 Å². The molecule has 0 saturated carbocycles. The summed E-state index contributed by atoms with van der Waals surface area (Å²) in [6.07, 6.45) is 0.574. The summed E-state index contributed by atoms with van der Waals surface area (Å²) in [6.45, 7) is 4.19. The topological polar surface area (TPSA) is 87.4 Å². The van der Waals surface area contributed by atoms with Crippen LogP contribution in [0.2, 0.25) is 0 Å². The maximum Gasteiger partial charge on any atom is 0.315 e. The van der Waals surface area contributed by atoms with Gasteiger partial charge in [-0.1, -0.05) is 49.3 Å². The Kier molecular flexibility index (Phi) is 6.17. The van der Waals surface area contributed by atoms with Crippen LogP contribution in [0.4, 0.5) is 4.79 Å². The zero-order chi connectivity index (χ0) is 16.7. The fourth-order valence-corrected chi connectivity index (χ4v) is 2.15. The second-order valence-electron chi connectivity index (χ2n) is 5.77. The van der Waals surface area contributed by atoms with Crippen molar-refractivity contribution in [3.8, 4) is 0 Å². The zero-order valence-corrected chi connectivity index (χ0v) is 13.5. The average Bonchev–Trinajstić information content (AvgIpc) is 3.02. The number of aliphatic hydroxyl groups is 1. The number of carbonyl (C=O) groups excluding carboxylic acids is 1. The highest BCUT2D eigenvalue weighted by atomic mass is 16.5. The summed E-state index contributed by atoms with van der Waals surface area (Å²) in [6, 6.07) is 10.9. The third-order valence-electron chi connectivity index (χ3n) is 3.47. The molecule has 0 spiro atoms. The summed E-state index contributed by atoms with van der Waals surface area (Å²) >= 11 is 0. The van der Waals surface area contributed by atoms with Crippen molar-refractivity contribution in [2.45, 2.75) is 38.8 Å². The highest BCUT2D eigenvalue weighted by molar-refractivity contribution is 5.74. The van der Waals surface area contributed by atoms with Gasteiger partial charge in [-0.3, -0.25) is 0 Å². The first-order valence-electron chi connectivity index (χ1n) is 7.73. The van der Waals surface area contributed by atoms with Crippen molar-refractivity contribution in [1.82, 2.24) is 15.8 Å². The van der Waals surface area contributed by atoms with Crippen molar-refractivity contribution < 1.29 is 14.4 Å². The molecule has 6 nitrogen and oxygen atoms in total. The minimum absolute atomic E-state index is 0.123. The van der Waals surface area contributed by atoms with E-state index in [-0.39, 0.29) is 31.1 Å². The Morgan fingerprint density at radius 3 is 2.65 bits per heavy atom. The maximum atomic E-state index is 11.9. The zero-order valence-electron chi connectivity index (χ0n) is 13.5. The molecule has 0 aliphatic heterocycles. The van der Waals surface area contributed by atoms with Gasteiger partial charge >= 0.3 is 6.03 Å². The lowest BCUT2D eigenvalue weighted by molar-refractivity contribution is 0.214. The molecule has 1 aromatic heterocycles. The predicted molar refractivity (Wildman–Crippen MR) is 87.0 cm³/mol. The molecule has 0 aliphatic rings. The minimum atomic E-state index is -0.345. The van der Waals surface area contributed by atoms with E-state index in [0.717, 1.165) is 11.3 Å². The Labute approximate surface area is 135 Å². The van der Waals surface area contributed by atoms with E-state index in [0.29, 0.717) is 12.2 Å². The smallest absolute Gasteiger partial charge is 0.315 e. The molecule has 0 radical (unpaired) electrons. The number of benzene rings is 1. The number of rotatable bonds is 7. The first kappa shape index (κ1) is 17.0. The van der Waals surface area contributed by atoms with E-state index in [1.165, 1.54) is 0 Å². The summed E-state index contributed by atoms with van der Waals surface area (Å²) in [4.78, 5) is 11.9. The summed E-state index contributed by atoms with van der Waals surface area (Å²) in [5, 5.41) is 18.8. The van der Waals surface area contributed by atoms with Crippen LogP contribution in [0.3, 0.4) is 0 Å². The van der Waals surface area contributed by atoms with Crippen molar-refractivity contribution in [1.29, 1.82) is 0 Å². The second kappa shape index (κ2) is 8.33. The first-order chi connectivity index (χ1) is 11.1. The highest BCUT2D eigenvalue weighted by Gasteiger charge is 2.13.